The van der Waals surface area contributed by atoms with E-state index in [9.17, 15) is 18.0 Å². The van der Waals surface area contributed by atoms with E-state index in [1.54, 1.807) is 0 Å². The Morgan fingerprint density at radius 2 is 1.92 bits per heavy atom. The first-order valence-corrected chi connectivity index (χ1v) is 9.09. The second kappa shape index (κ2) is 8.27. The third kappa shape index (κ3) is 5.78. The summed E-state index contributed by atoms with van der Waals surface area (Å²) in [6, 6.07) is 0. The number of carbonyl (C=O) groups excluding carboxylic acids is 1. The number of likely N-dealkylation sites (N-methyl/N-ethyl adjacent to an activating group) is 1. The summed E-state index contributed by atoms with van der Waals surface area (Å²) in [5, 5.41) is 3.17. The van der Waals surface area contributed by atoms with Gasteiger partial charge in [0.05, 0.1) is 0 Å². The number of rotatable bonds is 4. The maximum atomic E-state index is 12.4. The monoisotopic (exact) mass is 362 g/mol. The Kier molecular flexibility index (Phi) is 6.57. The molecule has 1 N–H and O–H groups in total. The van der Waals surface area contributed by atoms with Gasteiger partial charge >= 0.3 is 6.18 Å². The van der Waals surface area contributed by atoms with E-state index < -0.39 is 18.6 Å². The van der Waals surface area contributed by atoms with Crippen LogP contribution < -0.4 is 5.32 Å². The molecular weight excluding hydrogens is 333 g/mol. The van der Waals surface area contributed by atoms with Crippen LogP contribution in [0.1, 0.15) is 45.4 Å². The van der Waals surface area contributed by atoms with Crippen LogP contribution in [0.15, 0.2) is 4.99 Å². The maximum Gasteiger partial charge on any atom is 0.406 e. The normalized spacial score (nSPS) is 20.8. The Labute approximate surface area is 147 Å². The van der Waals surface area contributed by atoms with E-state index in [2.05, 4.69) is 15.2 Å². The molecule has 0 bridgehead atoms. The zero-order chi connectivity index (χ0) is 18.5. The number of nitrogens with zero attached hydrogens (tertiary/aromatic N) is 3. The highest BCUT2D eigenvalue weighted by molar-refractivity contribution is 5.85. The largest absolute Gasteiger partial charge is 0.406 e. The van der Waals surface area contributed by atoms with Crippen LogP contribution >= 0.6 is 0 Å². The predicted octanol–water partition coefficient (Wildman–Crippen LogP) is 2.63. The van der Waals surface area contributed by atoms with E-state index in [1.165, 1.54) is 32.1 Å². The molecule has 1 saturated heterocycles. The SMILES string of the molecule is CCNC(=NCC(=O)N(C)CC(F)(F)F)N1CCC2(CCCCC2)C1. The smallest absolute Gasteiger partial charge is 0.357 e. The number of alkyl halides is 3. The Hall–Kier alpha value is -1.47. The van der Waals surface area contributed by atoms with Gasteiger partial charge in [0.25, 0.3) is 0 Å². The summed E-state index contributed by atoms with van der Waals surface area (Å²) in [6.45, 7) is 2.90. The molecule has 1 aliphatic heterocycles. The van der Waals surface area contributed by atoms with Crippen LogP contribution in [0.4, 0.5) is 13.2 Å². The number of likely N-dealkylation sites (tertiary alicyclic amines) is 1. The van der Waals surface area contributed by atoms with E-state index in [1.807, 2.05) is 6.92 Å². The summed E-state index contributed by atoms with van der Waals surface area (Å²) in [5.74, 6) is 0.0120. The van der Waals surface area contributed by atoms with Gasteiger partial charge in [-0.1, -0.05) is 19.3 Å². The third-order valence-electron chi connectivity index (χ3n) is 5.19. The molecule has 2 rings (SSSR count). The van der Waals surface area contributed by atoms with E-state index in [0.717, 1.165) is 26.6 Å². The molecule has 1 saturated carbocycles. The summed E-state index contributed by atoms with van der Waals surface area (Å²) in [4.78, 5) is 19.0. The van der Waals surface area contributed by atoms with Gasteiger partial charge in [-0.05, 0) is 31.6 Å². The first-order valence-electron chi connectivity index (χ1n) is 9.09. The number of halogens is 3. The number of hydrogen-bond acceptors (Lipinski definition) is 2. The molecular formula is C17H29F3N4O. The summed E-state index contributed by atoms with van der Waals surface area (Å²) >= 11 is 0. The molecule has 0 atom stereocenters. The molecule has 1 heterocycles. The molecule has 2 aliphatic rings. The lowest BCUT2D eigenvalue weighted by Gasteiger charge is -2.33. The fourth-order valence-corrected chi connectivity index (χ4v) is 3.87. The number of aliphatic imine (C=N–C) groups is 1. The standard InChI is InChI=1S/C17H29F3N4O/c1-3-21-15(22-11-14(25)23(2)13-17(18,19)20)24-10-9-16(12-24)7-5-4-6-8-16/h3-13H2,1-2H3,(H,21,22). The zero-order valence-corrected chi connectivity index (χ0v) is 15.2. The summed E-state index contributed by atoms with van der Waals surface area (Å²) in [5.41, 5.74) is 0.353. The number of carbonyl (C=O) groups is 1. The van der Waals surface area contributed by atoms with Gasteiger partial charge in [-0.15, -0.1) is 0 Å². The van der Waals surface area contributed by atoms with Gasteiger partial charge in [-0.2, -0.15) is 13.2 Å². The topological polar surface area (TPSA) is 47.9 Å². The van der Waals surface area contributed by atoms with Crippen molar-refractivity contribution in [2.45, 2.75) is 51.6 Å². The van der Waals surface area contributed by atoms with Crippen molar-refractivity contribution in [1.82, 2.24) is 15.1 Å². The minimum atomic E-state index is -4.39. The Bertz CT molecular complexity index is 487. The molecule has 144 valence electrons. The molecule has 2 fully saturated rings. The van der Waals surface area contributed by atoms with Crippen molar-refractivity contribution in [3.63, 3.8) is 0 Å². The number of hydrogen-bond donors (Lipinski definition) is 1. The fraction of sp³-hybridized carbons (Fsp3) is 0.882. The lowest BCUT2D eigenvalue weighted by atomic mass is 9.73. The van der Waals surface area contributed by atoms with Gasteiger partial charge in [0.15, 0.2) is 5.96 Å². The first-order chi connectivity index (χ1) is 11.7. The van der Waals surface area contributed by atoms with Crippen molar-refractivity contribution in [1.29, 1.82) is 0 Å². The van der Waals surface area contributed by atoms with Crippen LogP contribution in [0.2, 0.25) is 0 Å². The first kappa shape index (κ1) is 19.8. The highest BCUT2D eigenvalue weighted by Gasteiger charge is 2.39. The Morgan fingerprint density at radius 1 is 1.24 bits per heavy atom. The highest BCUT2D eigenvalue weighted by Crippen LogP contribution is 2.43. The summed E-state index contributed by atoms with van der Waals surface area (Å²) in [6.07, 6.45) is 3.03. The quantitative estimate of drug-likeness (QED) is 0.618. The van der Waals surface area contributed by atoms with Crippen molar-refractivity contribution in [3.8, 4) is 0 Å². The van der Waals surface area contributed by atoms with Gasteiger partial charge in [-0.3, -0.25) is 4.79 Å². The second-order valence-electron chi connectivity index (χ2n) is 7.27. The molecule has 25 heavy (non-hydrogen) atoms. The number of nitrogens with one attached hydrogen (secondary N) is 1. The minimum absolute atomic E-state index is 0.265. The van der Waals surface area contributed by atoms with Crippen LogP contribution in [0.3, 0.4) is 0 Å². The molecule has 0 aromatic carbocycles. The van der Waals surface area contributed by atoms with Crippen LogP contribution in [0.25, 0.3) is 0 Å². The van der Waals surface area contributed by atoms with Gasteiger partial charge in [0.1, 0.15) is 13.1 Å². The average molecular weight is 362 g/mol. The Balaban J connectivity index is 1.95. The highest BCUT2D eigenvalue weighted by atomic mass is 19.4. The zero-order valence-electron chi connectivity index (χ0n) is 15.2. The molecule has 1 aliphatic carbocycles. The average Bonchev–Trinajstić information content (AvgIpc) is 2.93. The van der Waals surface area contributed by atoms with Crippen molar-refractivity contribution < 1.29 is 18.0 Å². The van der Waals surface area contributed by atoms with Crippen LogP contribution in [0.5, 0.6) is 0 Å². The maximum absolute atomic E-state index is 12.4. The van der Waals surface area contributed by atoms with E-state index >= 15 is 0 Å². The van der Waals surface area contributed by atoms with Crippen LogP contribution in [0, 0.1) is 5.41 Å². The van der Waals surface area contributed by atoms with Crippen LogP contribution in [-0.2, 0) is 4.79 Å². The van der Waals surface area contributed by atoms with Gasteiger partial charge in [0.2, 0.25) is 5.91 Å². The molecule has 1 spiro atoms. The fourth-order valence-electron chi connectivity index (χ4n) is 3.87. The number of amides is 1. The van der Waals surface area contributed by atoms with Crippen molar-refractivity contribution >= 4 is 11.9 Å². The third-order valence-corrected chi connectivity index (χ3v) is 5.19. The summed E-state index contributed by atoms with van der Waals surface area (Å²) < 4.78 is 37.2. The Morgan fingerprint density at radius 3 is 2.52 bits per heavy atom. The van der Waals surface area contributed by atoms with Crippen LogP contribution in [-0.4, -0.2) is 67.6 Å². The van der Waals surface area contributed by atoms with Crippen molar-refractivity contribution in [3.05, 3.63) is 0 Å². The molecule has 0 radical (unpaired) electrons. The van der Waals surface area contributed by atoms with Gasteiger partial charge in [0, 0.05) is 26.7 Å². The lowest BCUT2D eigenvalue weighted by Crippen LogP contribution is -2.43. The van der Waals surface area contributed by atoms with Gasteiger partial charge < -0.3 is 15.1 Å². The second-order valence-corrected chi connectivity index (χ2v) is 7.27. The van der Waals surface area contributed by atoms with E-state index in [-0.39, 0.29) is 6.54 Å². The van der Waals surface area contributed by atoms with Gasteiger partial charge in [-0.25, -0.2) is 4.99 Å². The molecule has 1 amide bonds. The van der Waals surface area contributed by atoms with E-state index in [4.69, 9.17) is 0 Å². The predicted molar refractivity (Wildman–Crippen MR) is 91.4 cm³/mol. The van der Waals surface area contributed by atoms with E-state index in [0.29, 0.717) is 22.8 Å². The van der Waals surface area contributed by atoms with Crippen molar-refractivity contribution in [2.75, 3.05) is 39.8 Å². The lowest BCUT2D eigenvalue weighted by molar-refractivity contribution is -0.157. The molecule has 5 nitrogen and oxygen atoms in total. The minimum Gasteiger partial charge on any atom is -0.357 e. The molecule has 0 aromatic rings. The molecule has 0 unspecified atom stereocenters. The van der Waals surface area contributed by atoms with Crippen molar-refractivity contribution in [2.24, 2.45) is 10.4 Å². The molecule has 8 heteroatoms. The molecule has 0 aromatic heterocycles. The number of guanidine groups is 1. The summed E-state index contributed by atoms with van der Waals surface area (Å²) in [7, 11) is 1.16.